The second kappa shape index (κ2) is 11.3. The number of hydrogen-bond donors (Lipinski definition) is 1. The number of aliphatic hydroxyl groups is 1. The van der Waals surface area contributed by atoms with E-state index in [1.54, 1.807) is 13.8 Å². The van der Waals surface area contributed by atoms with Gasteiger partial charge in [-0.2, -0.15) is 0 Å². The van der Waals surface area contributed by atoms with Gasteiger partial charge in [-0.3, -0.25) is 4.98 Å². The average molecular weight is 364 g/mol. The van der Waals surface area contributed by atoms with Crippen molar-refractivity contribution >= 4 is 0 Å². The molecule has 3 rings (SSSR count). The zero-order chi connectivity index (χ0) is 20.4. The largest absolute Gasteiger partial charge is 0.394 e. The van der Waals surface area contributed by atoms with Gasteiger partial charge in [0.25, 0.3) is 0 Å². The number of aliphatic hydroxyl groups excluding tert-OH is 1. The molecule has 0 bridgehead atoms. The predicted octanol–water partition coefficient (Wildman–Crippen LogP) is 6.75. The summed E-state index contributed by atoms with van der Waals surface area (Å²) in [6, 6.07) is 21.5. The second-order valence-corrected chi connectivity index (χ2v) is 6.71. The fourth-order valence-corrected chi connectivity index (χ4v) is 2.45. The number of pyridine rings is 1. The van der Waals surface area contributed by atoms with E-state index in [-0.39, 0.29) is 6.10 Å². The van der Waals surface area contributed by atoms with E-state index in [0.29, 0.717) is 0 Å². The van der Waals surface area contributed by atoms with Gasteiger partial charge in [0.05, 0.1) is 5.69 Å². The number of rotatable bonds is 2. The van der Waals surface area contributed by atoms with Gasteiger partial charge >= 0.3 is 0 Å². The third-order valence-electron chi connectivity index (χ3n) is 3.69. The maximum Gasteiger partial charge on any atom is 0.0711 e. The molecule has 0 aliphatic rings. The van der Waals surface area contributed by atoms with Crippen LogP contribution in [0.2, 0.25) is 0 Å². The Morgan fingerprint density at radius 1 is 0.667 bits per heavy atom. The number of aryl methyl sites for hydroxylation is 3. The molecule has 0 unspecified atom stereocenters. The predicted molar refractivity (Wildman–Crippen MR) is 118 cm³/mol. The molecule has 0 radical (unpaired) electrons. The molecule has 0 fully saturated rings. The summed E-state index contributed by atoms with van der Waals surface area (Å²) in [7, 11) is 0. The van der Waals surface area contributed by atoms with Gasteiger partial charge in [-0.1, -0.05) is 73.5 Å². The molecule has 3 aromatic rings. The van der Waals surface area contributed by atoms with E-state index in [9.17, 15) is 0 Å². The standard InChI is InChI=1S/C20H19N.C3H8O.C2H6/c1-14-4-8-17(9-5-14)19-12-16(3)21-20(13-19)18-10-6-15(2)7-11-18;1-3(2)4;1-2/h4-13H,1-3H3;3-4H,1-2H3;1-2H3. The SMILES string of the molecule is CC.CC(C)O.Cc1ccc(-c2cc(C)nc(-c3ccc(C)cc3)c2)cc1. The first kappa shape index (κ1) is 22.6. The molecule has 1 heterocycles. The Labute approximate surface area is 164 Å². The van der Waals surface area contributed by atoms with Crippen LogP contribution in [0.15, 0.2) is 60.7 Å². The van der Waals surface area contributed by atoms with Crippen LogP contribution >= 0.6 is 0 Å². The third-order valence-corrected chi connectivity index (χ3v) is 3.69. The molecule has 144 valence electrons. The lowest BCUT2D eigenvalue weighted by Gasteiger charge is -2.08. The normalized spacial score (nSPS) is 9.81. The Kier molecular flexibility index (Phi) is 9.46. The zero-order valence-corrected chi connectivity index (χ0v) is 17.7. The Bertz CT molecular complexity index is 736. The maximum atomic E-state index is 8.06. The molecule has 0 amide bonds. The van der Waals surface area contributed by atoms with Crippen molar-refractivity contribution in [3.63, 3.8) is 0 Å². The van der Waals surface area contributed by atoms with Crippen LogP contribution in [-0.4, -0.2) is 16.2 Å². The molecule has 2 nitrogen and oxygen atoms in total. The smallest absolute Gasteiger partial charge is 0.0711 e. The molecule has 1 aromatic heterocycles. The molecule has 2 aromatic carbocycles. The van der Waals surface area contributed by atoms with E-state index in [0.717, 1.165) is 17.0 Å². The molecular weight excluding hydrogens is 330 g/mol. The first-order valence-corrected chi connectivity index (χ1v) is 9.66. The summed E-state index contributed by atoms with van der Waals surface area (Å²) in [5.74, 6) is 0. The van der Waals surface area contributed by atoms with Crippen molar-refractivity contribution in [1.82, 2.24) is 4.98 Å². The van der Waals surface area contributed by atoms with E-state index < -0.39 is 0 Å². The van der Waals surface area contributed by atoms with Gasteiger partial charge in [0.15, 0.2) is 0 Å². The number of hydrogen-bond acceptors (Lipinski definition) is 2. The molecular formula is C25H33NO. The quantitative estimate of drug-likeness (QED) is 0.546. The summed E-state index contributed by atoms with van der Waals surface area (Å²) in [6.07, 6.45) is -0.167. The molecule has 0 saturated heterocycles. The molecule has 0 aliphatic carbocycles. The van der Waals surface area contributed by atoms with Crippen molar-refractivity contribution in [3.05, 3.63) is 77.5 Å². The Morgan fingerprint density at radius 2 is 1.07 bits per heavy atom. The molecule has 1 N–H and O–H groups in total. The average Bonchev–Trinajstić information content (AvgIpc) is 2.63. The van der Waals surface area contributed by atoms with Crippen molar-refractivity contribution in [2.45, 2.75) is 54.6 Å². The van der Waals surface area contributed by atoms with Gasteiger partial charge in [-0.15, -0.1) is 0 Å². The van der Waals surface area contributed by atoms with Gasteiger partial charge in [0.2, 0.25) is 0 Å². The number of benzene rings is 2. The molecule has 27 heavy (non-hydrogen) atoms. The van der Waals surface area contributed by atoms with Crippen LogP contribution in [-0.2, 0) is 0 Å². The van der Waals surface area contributed by atoms with Crippen LogP contribution in [0.1, 0.15) is 44.5 Å². The van der Waals surface area contributed by atoms with Crippen LogP contribution in [0.5, 0.6) is 0 Å². The first-order chi connectivity index (χ1) is 12.8. The molecule has 0 atom stereocenters. The van der Waals surface area contributed by atoms with Crippen molar-refractivity contribution in [2.24, 2.45) is 0 Å². The van der Waals surface area contributed by atoms with Crippen molar-refractivity contribution in [2.75, 3.05) is 0 Å². The highest BCUT2D eigenvalue weighted by molar-refractivity contribution is 5.71. The lowest BCUT2D eigenvalue weighted by molar-refractivity contribution is 0.216. The number of nitrogens with zero attached hydrogens (tertiary/aromatic N) is 1. The lowest BCUT2D eigenvalue weighted by atomic mass is 10.0. The molecule has 0 spiro atoms. The van der Waals surface area contributed by atoms with E-state index in [2.05, 4.69) is 86.4 Å². The maximum absolute atomic E-state index is 8.06. The fourth-order valence-electron chi connectivity index (χ4n) is 2.45. The van der Waals surface area contributed by atoms with E-state index in [4.69, 9.17) is 5.11 Å². The molecule has 0 saturated carbocycles. The number of aromatic nitrogens is 1. The minimum atomic E-state index is -0.167. The molecule has 2 heteroatoms. The third kappa shape index (κ3) is 7.76. The minimum absolute atomic E-state index is 0.167. The van der Waals surface area contributed by atoms with Crippen LogP contribution < -0.4 is 0 Å². The van der Waals surface area contributed by atoms with Gasteiger partial charge in [0, 0.05) is 17.4 Å². The zero-order valence-electron chi connectivity index (χ0n) is 17.7. The summed E-state index contributed by atoms with van der Waals surface area (Å²) >= 11 is 0. The highest BCUT2D eigenvalue weighted by Gasteiger charge is 2.05. The Hall–Kier alpha value is -2.45. The summed E-state index contributed by atoms with van der Waals surface area (Å²) in [6.45, 7) is 13.7. The van der Waals surface area contributed by atoms with Crippen molar-refractivity contribution < 1.29 is 5.11 Å². The van der Waals surface area contributed by atoms with Crippen molar-refractivity contribution in [1.29, 1.82) is 0 Å². The minimum Gasteiger partial charge on any atom is -0.394 e. The summed E-state index contributed by atoms with van der Waals surface area (Å²) in [5.41, 5.74) is 8.25. The van der Waals surface area contributed by atoms with E-state index in [1.165, 1.54) is 22.3 Å². The Morgan fingerprint density at radius 3 is 1.52 bits per heavy atom. The van der Waals surface area contributed by atoms with Crippen LogP contribution in [0, 0.1) is 20.8 Å². The second-order valence-electron chi connectivity index (χ2n) is 6.71. The first-order valence-electron chi connectivity index (χ1n) is 9.66. The highest BCUT2D eigenvalue weighted by atomic mass is 16.3. The van der Waals surface area contributed by atoms with E-state index >= 15 is 0 Å². The Balaban J connectivity index is 0.000000541. The van der Waals surface area contributed by atoms with Crippen LogP contribution in [0.25, 0.3) is 22.4 Å². The summed E-state index contributed by atoms with van der Waals surface area (Å²) < 4.78 is 0. The monoisotopic (exact) mass is 363 g/mol. The van der Waals surface area contributed by atoms with Crippen LogP contribution in [0.3, 0.4) is 0 Å². The lowest BCUT2D eigenvalue weighted by Crippen LogP contribution is -1.90. The van der Waals surface area contributed by atoms with Gasteiger partial charge < -0.3 is 5.11 Å². The van der Waals surface area contributed by atoms with Crippen LogP contribution in [0.4, 0.5) is 0 Å². The molecule has 0 aliphatic heterocycles. The summed E-state index contributed by atoms with van der Waals surface area (Å²) in [5, 5.41) is 8.06. The topological polar surface area (TPSA) is 33.1 Å². The van der Waals surface area contributed by atoms with Gasteiger partial charge in [-0.25, -0.2) is 0 Å². The van der Waals surface area contributed by atoms with Gasteiger partial charge in [-0.05, 0) is 57.9 Å². The van der Waals surface area contributed by atoms with Gasteiger partial charge in [0.1, 0.15) is 0 Å². The fraction of sp³-hybridized carbons (Fsp3) is 0.320. The van der Waals surface area contributed by atoms with E-state index in [1.807, 2.05) is 13.8 Å². The highest BCUT2D eigenvalue weighted by Crippen LogP contribution is 2.26. The van der Waals surface area contributed by atoms with Crippen molar-refractivity contribution in [3.8, 4) is 22.4 Å². The summed E-state index contributed by atoms with van der Waals surface area (Å²) in [4.78, 5) is 4.68.